The molecule has 0 saturated carbocycles. The van der Waals surface area contributed by atoms with Gasteiger partial charge >= 0.3 is 0 Å². The third-order valence-corrected chi connectivity index (χ3v) is 2.54. The molecule has 0 saturated heterocycles. The lowest BCUT2D eigenvalue weighted by molar-refractivity contribution is 0.559. The Bertz CT molecular complexity index is 400. The topological polar surface area (TPSA) is 47.0 Å². The van der Waals surface area contributed by atoms with Crippen molar-refractivity contribution in [3.8, 4) is 0 Å². The average Bonchev–Trinajstić information content (AvgIpc) is 1.92. The second kappa shape index (κ2) is 2.82. The van der Waals surface area contributed by atoms with Gasteiger partial charge < -0.3 is 0 Å². The zero-order chi connectivity index (χ0) is 9.35. The van der Waals surface area contributed by atoms with Crippen LogP contribution in [0, 0.1) is 12.7 Å². The molecule has 0 atom stereocenters. The van der Waals surface area contributed by atoms with E-state index < -0.39 is 15.7 Å². The van der Waals surface area contributed by atoms with Crippen LogP contribution < -0.4 is 0 Å². The van der Waals surface area contributed by atoms with E-state index >= 15 is 0 Å². The number of rotatable bonds is 1. The Hall–Kier alpha value is -0.970. The molecule has 0 N–H and O–H groups in total. The van der Waals surface area contributed by atoms with E-state index in [0.717, 1.165) is 12.3 Å². The van der Waals surface area contributed by atoms with E-state index in [9.17, 15) is 12.8 Å². The van der Waals surface area contributed by atoms with Crippen molar-refractivity contribution in [2.75, 3.05) is 6.26 Å². The smallest absolute Gasteiger partial charge is 0.178 e. The maximum atomic E-state index is 13.1. The van der Waals surface area contributed by atoms with Crippen molar-refractivity contribution in [1.82, 2.24) is 4.98 Å². The molecule has 0 radical (unpaired) electrons. The van der Waals surface area contributed by atoms with Crippen LogP contribution in [0.25, 0.3) is 0 Å². The second-order valence-electron chi connectivity index (χ2n) is 2.48. The zero-order valence-corrected chi connectivity index (χ0v) is 7.52. The molecule has 0 spiro atoms. The Morgan fingerprint density at radius 3 is 2.50 bits per heavy atom. The lowest BCUT2D eigenvalue weighted by Gasteiger charge is -2.00. The van der Waals surface area contributed by atoms with Crippen LogP contribution in [0.1, 0.15) is 5.69 Å². The molecule has 0 aromatic carbocycles. The molecule has 1 aromatic heterocycles. The van der Waals surface area contributed by atoms with Crippen molar-refractivity contribution < 1.29 is 12.8 Å². The van der Waals surface area contributed by atoms with E-state index in [-0.39, 0.29) is 10.6 Å². The number of nitrogens with zero attached hydrogens (tertiary/aromatic N) is 1. The highest BCUT2D eigenvalue weighted by Crippen LogP contribution is 2.14. The molecule has 0 amide bonds. The van der Waals surface area contributed by atoms with Gasteiger partial charge in [-0.2, -0.15) is 0 Å². The summed E-state index contributed by atoms with van der Waals surface area (Å²) in [7, 11) is -3.47. The number of hydrogen-bond donors (Lipinski definition) is 0. The van der Waals surface area contributed by atoms with Gasteiger partial charge in [-0.05, 0) is 13.0 Å². The van der Waals surface area contributed by atoms with Crippen LogP contribution in [0.4, 0.5) is 4.39 Å². The van der Waals surface area contributed by atoms with Gasteiger partial charge in [-0.1, -0.05) is 0 Å². The van der Waals surface area contributed by atoms with Gasteiger partial charge in [-0.15, -0.1) is 0 Å². The van der Waals surface area contributed by atoms with E-state index in [4.69, 9.17) is 0 Å². The van der Waals surface area contributed by atoms with Gasteiger partial charge in [-0.25, -0.2) is 12.8 Å². The first-order valence-electron chi connectivity index (χ1n) is 3.24. The SMILES string of the molecule is Cc1nccc(S(C)(=O)=O)c1F. The number of aromatic nitrogens is 1. The molecule has 12 heavy (non-hydrogen) atoms. The fourth-order valence-electron chi connectivity index (χ4n) is 0.811. The number of aryl methyl sites for hydroxylation is 1. The van der Waals surface area contributed by atoms with E-state index in [2.05, 4.69) is 4.98 Å². The molecular weight excluding hydrogens is 181 g/mol. The maximum Gasteiger partial charge on any atom is 0.178 e. The Morgan fingerprint density at radius 1 is 1.50 bits per heavy atom. The van der Waals surface area contributed by atoms with E-state index in [1.165, 1.54) is 13.1 Å². The van der Waals surface area contributed by atoms with Crippen molar-refractivity contribution in [2.24, 2.45) is 0 Å². The summed E-state index contributed by atoms with van der Waals surface area (Å²) in [6.45, 7) is 1.42. The molecule has 0 unspecified atom stereocenters. The summed E-state index contributed by atoms with van der Waals surface area (Å²) < 4.78 is 34.9. The minimum atomic E-state index is -3.47. The first-order valence-corrected chi connectivity index (χ1v) is 5.13. The number of sulfone groups is 1. The van der Waals surface area contributed by atoms with Gasteiger partial charge in [0.25, 0.3) is 0 Å². The molecular formula is C7H8FNO2S. The van der Waals surface area contributed by atoms with Gasteiger partial charge in [0.15, 0.2) is 15.7 Å². The number of pyridine rings is 1. The van der Waals surface area contributed by atoms with Gasteiger partial charge in [0.05, 0.1) is 5.69 Å². The summed E-state index contributed by atoms with van der Waals surface area (Å²) in [6, 6.07) is 1.15. The van der Waals surface area contributed by atoms with Crippen molar-refractivity contribution in [1.29, 1.82) is 0 Å². The predicted octanol–water partition coefficient (Wildman–Crippen LogP) is 0.933. The predicted molar refractivity (Wildman–Crippen MR) is 42.0 cm³/mol. The fourth-order valence-corrected chi connectivity index (χ4v) is 1.59. The highest BCUT2D eigenvalue weighted by Gasteiger charge is 2.14. The van der Waals surface area contributed by atoms with E-state index in [0.29, 0.717) is 0 Å². The largest absolute Gasteiger partial charge is 0.258 e. The molecule has 0 aliphatic rings. The standard InChI is InChI=1S/C7H8FNO2S/c1-5-7(8)6(3-4-9-5)12(2,10)11/h3-4H,1-2H3. The molecule has 0 bridgehead atoms. The summed E-state index contributed by atoms with van der Waals surface area (Å²) in [6.07, 6.45) is 2.24. The molecule has 0 fully saturated rings. The fraction of sp³-hybridized carbons (Fsp3) is 0.286. The number of hydrogen-bond acceptors (Lipinski definition) is 3. The second-order valence-corrected chi connectivity index (χ2v) is 4.46. The van der Waals surface area contributed by atoms with Crippen LogP contribution in [0.5, 0.6) is 0 Å². The molecule has 1 rings (SSSR count). The van der Waals surface area contributed by atoms with Crippen molar-refractivity contribution in [2.45, 2.75) is 11.8 Å². The third kappa shape index (κ3) is 1.61. The van der Waals surface area contributed by atoms with Crippen LogP contribution in [0.15, 0.2) is 17.2 Å². The summed E-state index contributed by atoms with van der Waals surface area (Å²) in [5, 5.41) is 0. The molecule has 0 aliphatic carbocycles. The van der Waals surface area contributed by atoms with E-state index in [1.54, 1.807) is 0 Å². The molecule has 1 aromatic rings. The van der Waals surface area contributed by atoms with Gasteiger partial charge in [0.2, 0.25) is 0 Å². The minimum Gasteiger partial charge on any atom is -0.258 e. The molecule has 0 aliphatic heterocycles. The maximum absolute atomic E-state index is 13.1. The quantitative estimate of drug-likeness (QED) is 0.660. The highest BCUT2D eigenvalue weighted by atomic mass is 32.2. The Balaban J connectivity index is 3.47. The van der Waals surface area contributed by atoms with Crippen molar-refractivity contribution >= 4 is 9.84 Å². The van der Waals surface area contributed by atoms with E-state index in [1.807, 2.05) is 0 Å². The first kappa shape index (κ1) is 9.12. The summed E-state index contributed by atoms with van der Waals surface area (Å²) in [5.41, 5.74) is 0.0953. The number of halogens is 1. The summed E-state index contributed by atoms with van der Waals surface area (Å²) in [4.78, 5) is 3.32. The third-order valence-electron chi connectivity index (χ3n) is 1.43. The van der Waals surface area contributed by atoms with Gasteiger partial charge in [0, 0.05) is 12.5 Å². The zero-order valence-electron chi connectivity index (χ0n) is 6.70. The Labute approximate surface area is 70.2 Å². The van der Waals surface area contributed by atoms with Crippen LogP contribution in [0.3, 0.4) is 0 Å². The van der Waals surface area contributed by atoms with Crippen LogP contribution in [-0.2, 0) is 9.84 Å². The van der Waals surface area contributed by atoms with Crippen LogP contribution >= 0.6 is 0 Å². The minimum absolute atomic E-state index is 0.0953. The lowest BCUT2D eigenvalue weighted by atomic mass is 10.4. The normalized spacial score (nSPS) is 11.6. The monoisotopic (exact) mass is 189 g/mol. The Morgan fingerprint density at radius 2 is 2.08 bits per heavy atom. The first-order chi connectivity index (χ1) is 5.43. The highest BCUT2D eigenvalue weighted by molar-refractivity contribution is 7.90. The van der Waals surface area contributed by atoms with Gasteiger partial charge in [-0.3, -0.25) is 4.98 Å². The van der Waals surface area contributed by atoms with Crippen molar-refractivity contribution in [3.05, 3.63) is 23.8 Å². The Kier molecular flexibility index (Phi) is 2.14. The van der Waals surface area contributed by atoms with Crippen molar-refractivity contribution in [3.63, 3.8) is 0 Å². The average molecular weight is 189 g/mol. The summed E-state index contributed by atoms with van der Waals surface area (Å²) >= 11 is 0. The van der Waals surface area contributed by atoms with Crippen LogP contribution in [0.2, 0.25) is 0 Å². The molecule has 5 heteroatoms. The van der Waals surface area contributed by atoms with Gasteiger partial charge in [0.1, 0.15) is 4.90 Å². The van der Waals surface area contributed by atoms with Crippen LogP contribution in [-0.4, -0.2) is 19.7 Å². The summed E-state index contributed by atoms with van der Waals surface area (Å²) in [5.74, 6) is -0.764. The molecule has 1 heterocycles. The lowest BCUT2D eigenvalue weighted by Crippen LogP contribution is -2.03. The molecule has 66 valence electrons. The molecule has 3 nitrogen and oxygen atoms in total.